The number of carboxylic acids is 1. The van der Waals surface area contributed by atoms with Crippen molar-refractivity contribution in [2.24, 2.45) is 5.92 Å². The number of carbonyl (C=O) groups is 1. The van der Waals surface area contributed by atoms with Gasteiger partial charge in [-0.05, 0) is 42.7 Å². The van der Waals surface area contributed by atoms with Crippen molar-refractivity contribution in [3.8, 4) is 11.4 Å². The second-order valence-corrected chi connectivity index (χ2v) is 4.85. The summed E-state index contributed by atoms with van der Waals surface area (Å²) in [6.07, 6.45) is 0.737. The molecule has 0 unspecified atom stereocenters. The van der Waals surface area contributed by atoms with E-state index in [4.69, 9.17) is 5.11 Å². The molecule has 1 aromatic carbocycles. The van der Waals surface area contributed by atoms with E-state index in [2.05, 4.69) is 18.9 Å². The van der Waals surface area contributed by atoms with Crippen LogP contribution in [0, 0.1) is 5.92 Å². The molecule has 100 valence electrons. The van der Waals surface area contributed by atoms with Gasteiger partial charge in [0, 0.05) is 5.69 Å². The van der Waals surface area contributed by atoms with Crippen LogP contribution in [0.4, 0.5) is 0 Å². The van der Waals surface area contributed by atoms with Gasteiger partial charge in [0.25, 0.3) is 0 Å². The van der Waals surface area contributed by atoms with Crippen LogP contribution in [0.25, 0.3) is 5.69 Å². The minimum Gasteiger partial charge on any atom is -0.508 e. The molecular formula is C14H16N2O3. The molecule has 2 aromatic rings. The largest absolute Gasteiger partial charge is 0.508 e. The molecular weight excluding hydrogens is 244 g/mol. The van der Waals surface area contributed by atoms with Crippen molar-refractivity contribution in [3.63, 3.8) is 0 Å². The van der Waals surface area contributed by atoms with Crippen LogP contribution in [-0.4, -0.2) is 26.0 Å². The molecule has 2 N–H and O–H groups in total. The Bertz CT molecular complexity index is 585. The van der Waals surface area contributed by atoms with Crippen LogP contribution >= 0.6 is 0 Å². The maximum absolute atomic E-state index is 11.0. The van der Waals surface area contributed by atoms with E-state index in [0.717, 1.165) is 17.8 Å². The Morgan fingerprint density at radius 1 is 1.32 bits per heavy atom. The quantitative estimate of drug-likeness (QED) is 0.885. The van der Waals surface area contributed by atoms with Crippen LogP contribution in [0.1, 0.15) is 30.0 Å². The van der Waals surface area contributed by atoms with Gasteiger partial charge < -0.3 is 10.2 Å². The third kappa shape index (κ3) is 2.93. The molecule has 19 heavy (non-hydrogen) atoms. The maximum atomic E-state index is 11.0. The third-order valence-corrected chi connectivity index (χ3v) is 2.71. The number of rotatable bonds is 4. The van der Waals surface area contributed by atoms with Crippen LogP contribution < -0.4 is 0 Å². The molecule has 1 aromatic heterocycles. The molecule has 0 atom stereocenters. The van der Waals surface area contributed by atoms with E-state index in [1.807, 2.05) is 0 Å². The number of phenols is 1. The monoisotopic (exact) mass is 260 g/mol. The molecule has 0 spiro atoms. The van der Waals surface area contributed by atoms with E-state index in [-0.39, 0.29) is 11.4 Å². The van der Waals surface area contributed by atoms with Crippen molar-refractivity contribution >= 4 is 5.97 Å². The second kappa shape index (κ2) is 5.14. The van der Waals surface area contributed by atoms with Crippen LogP contribution in [0.3, 0.4) is 0 Å². The molecule has 0 radical (unpaired) electrons. The first kappa shape index (κ1) is 13.1. The number of hydrogen-bond acceptors (Lipinski definition) is 3. The SMILES string of the molecule is CC(C)Cc1cc(C(=O)O)nn1-c1ccc(O)cc1. The Labute approximate surface area is 111 Å². The summed E-state index contributed by atoms with van der Waals surface area (Å²) in [7, 11) is 0. The van der Waals surface area contributed by atoms with E-state index >= 15 is 0 Å². The summed E-state index contributed by atoms with van der Waals surface area (Å²) >= 11 is 0. The second-order valence-electron chi connectivity index (χ2n) is 4.85. The van der Waals surface area contributed by atoms with Gasteiger partial charge in [-0.3, -0.25) is 0 Å². The number of benzene rings is 1. The molecule has 0 fully saturated rings. The van der Waals surface area contributed by atoms with Gasteiger partial charge in [0.05, 0.1) is 5.69 Å². The highest BCUT2D eigenvalue weighted by Crippen LogP contribution is 2.18. The number of aromatic hydroxyl groups is 1. The van der Waals surface area contributed by atoms with Gasteiger partial charge in [-0.25, -0.2) is 9.48 Å². The lowest BCUT2D eigenvalue weighted by atomic mass is 10.1. The van der Waals surface area contributed by atoms with Gasteiger partial charge in [-0.2, -0.15) is 5.10 Å². The summed E-state index contributed by atoms with van der Waals surface area (Å²) in [5, 5.41) is 22.4. The average Bonchev–Trinajstić information content (AvgIpc) is 2.73. The van der Waals surface area contributed by atoms with Crippen molar-refractivity contribution in [1.82, 2.24) is 9.78 Å². The predicted molar refractivity (Wildman–Crippen MR) is 70.7 cm³/mol. The highest BCUT2D eigenvalue weighted by atomic mass is 16.4. The summed E-state index contributed by atoms with van der Waals surface area (Å²) in [6, 6.07) is 8.11. The molecule has 0 aliphatic rings. The zero-order valence-electron chi connectivity index (χ0n) is 10.9. The smallest absolute Gasteiger partial charge is 0.356 e. The first-order chi connectivity index (χ1) is 8.97. The predicted octanol–water partition coefficient (Wildman–Crippen LogP) is 2.47. The summed E-state index contributed by atoms with van der Waals surface area (Å²) in [4.78, 5) is 11.0. The molecule has 0 saturated carbocycles. The highest BCUT2D eigenvalue weighted by Gasteiger charge is 2.15. The fourth-order valence-electron chi connectivity index (χ4n) is 1.91. The minimum atomic E-state index is -1.04. The third-order valence-electron chi connectivity index (χ3n) is 2.71. The number of carboxylic acid groups (broad SMARTS) is 1. The van der Waals surface area contributed by atoms with Crippen LogP contribution in [0.5, 0.6) is 5.75 Å². The van der Waals surface area contributed by atoms with E-state index in [1.165, 1.54) is 0 Å². The topological polar surface area (TPSA) is 75.3 Å². The lowest BCUT2D eigenvalue weighted by Gasteiger charge is -2.09. The highest BCUT2D eigenvalue weighted by molar-refractivity contribution is 5.85. The van der Waals surface area contributed by atoms with Gasteiger partial charge in [-0.1, -0.05) is 13.8 Å². The number of aromatic carboxylic acids is 1. The lowest BCUT2D eigenvalue weighted by Crippen LogP contribution is -2.05. The lowest BCUT2D eigenvalue weighted by molar-refractivity contribution is 0.0690. The Kier molecular flexibility index (Phi) is 3.55. The summed E-state index contributed by atoms with van der Waals surface area (Å²) in [5.41, 5.74) is 1.61. The number of aromatic nitrogens is 2. The van der Waals surface area contributed by atoms with Crippen molar-refractivity contribution < 1.29 is 15.0 Å². The standard InChI is InChI=1S/C14H16N2O3/c1-9(2)7-11-8-13(14(18)19)15-16(11)10-3-5-12(17)6-4-10/h3-6,8-9,17H,7H2,1-2H3,(H,18,19). The molecule has 5 heteroatoms. The van der Waals surface area contributed by atoms with Crippen molar-refractivity contribution in [3.05, 3.63) is 41.7 Å². The molecule has 1 heterocycles. The molecule has 0 aliphatic heterocycles. The Hall–Kier alpha value is -2.30. The molecule has 2 rings (SSSR count). The maximum Gasteiger partial charge on any atom is 0.356 e. The Morgan fingerprint density at radius 3 is 2.47 bits per heavy atom. The van der Waals surface area contributed by atoms with E-state index in [0.29, 0.717) is 5.92 Å². The van der Waals surface area contributed by atoms with E-state index in [9.17, 15) is 9.90 Å². The molecule has 0 bridgehead atoms. The summed E-state index contributed by atoms with van der Waals surface area (Å²) in [5.74, 6) is -0.475. The summed E-state index contributed by atoms with van der Waals surface area (Å²) < 4.78 is 1.61. The van der Waals surface area contributed by atoms with Crippen LogP contribution in [0.15, 0.2) is 30.3 Å². The van der Waals surface area contributed by atoms with Crippen molar-refractivity contribution in [1.29, 1.82) is 0 Å². The van der Waals surface area contributed by atoms with Crippen LogP contribution in [-0.2, 0) is 6.42 Å². The first-order valence-corrected chi connectivity index (χ1v) is 6.09. The Morgan fingerprint density at radius 2 is 1.95 bits per heavy atom. The van der Waals surface area contributed by atoms with Gasteiger partial charge >= 0.3 is 5.97 Å². The number of hydrogen-bond donors (Lipinski definition) is 2. The normalized spacial score (nSPS) is 10.9. The number of nitrogens with zero attached hydrogens (tertiary/aromatic N) is 2. The summed E-state index contributed by atoms with van der Waals surface area (Å²) in [6.45, 7) is 4.13. The van der Waals surface area contributed by atoms with Crippen molar-refractivity contribution in [2.45, 2.75) is 20.3 Å². The average molecular weight is 260 g/mol. The van der Waals surface area contributed by atoms with Gasteiger partial charge in [-0.15, -0.1) is 0 Å². The van der Waals surface area contributed by atoms with E-state index in [1.54, 1.807) is 35.0 Å². The van der Waals surface area contributed by atoms with Crippen molar-refractivity contribution in [2.75, 3.05) is 0 Å². The zero-order valence-corrected chi connectivity index (χ0v) is 10.9. The van der Waals surface area contributed by atoms with Gasteiger partial charge in [0.15, 0.2) is 5.69 Å². The minimum absolute atomic E-state index is 0.0312. The molecule has 0 aliphatic carbocycles. The van der Waals surface area contributed by atoms with E-state index < -0.39 is 5.97 Å². The fraction of sp³-hybridized carbons (Fsp3) is 0.286. The molecule has 0 amide bonds. The Balaban J connectivity index is 2.47. The fourth-order valence-corrected chi connectivity index (χ4v) is 1.91. The molecule has 0 saturated heterocycles. The van der Waals surface area contributed by atoms with Crippen LogP contribution in [0.2, 0.25) is 0 Å². The number of phenolic OH excluding ortho intramolecular Hbond substituents is 1. The molecule has 5 nitrogen and oxygen atoms in total. The first-order valence-electron chi connectivity index (χ1n) is 6.09. The van der Waals surface area contributed by atoms with Gasteiger partial charge in [0.1, 0.15) is 5.75 Å². The zero-order chi connectivity index (χ0) is 14.0. The van der Waals surface area contributed by atoms with Gasteiger partial charge in [0.2, 0.25) is 0 Å².